The first kappa shape index (κ1) is 28.2. The maximum absolute atomic E-state index is 14.5. The molecule has 14 heteroatoms. The summed E-state index contributed by atoms with van der Waals surface area (Å²) >= 11 is 0. The maximum atomic E-state index is 14.5. The van der Waals surface area contributed by atoms with Gasteiger partial charge in [0.05, 0.1) is 11.3 Å². The zero-order chi connectivity index (χ0) is 28.0. The average Bonchev–Trinajstić information content (AvgIpc) is 2.90. The van der Waals surface area contributed by atoms with Crippen LogP contribution >= 0.6 is 0 Å². The summed E-state index contributed by atoms with van der Waals surface area (Å²) in [7, 11) is 0. The molecular formula is C24H24F4N6O4. The fraction of sp³-hybridized carbons (Fsp3) is 0.333. The van der Waals surface area contributed by atoms with E-state index in [0.29, 0.717) is 49.8 Å². The Morgan fingerprint density at radius 3 is 2.24 bits per heavy atom. The van der Waals surface area contributed by atoms with Crippen molar-refractivity contribution in [2.45, 2.75) is 26.4 Å². The molecule has 0 aliphatic carbocycles. The van der Waals surface area contributed by atoms with Crippen LogP contribution in [-0.4, -0.2) is 74.4 Å². The Bertz CT molecular complexity index is 1360. The van der Waals surface area contributed by atoms with E-state index >= 15 is 0 Å². The van der Waals surface area contributed by atoms with Crippen LogP contribution in [0.25, 0.3) is 0 Å². The van der Waals surface area contributed by atoms with Crippen LogP contribution in [-0.2, 0) is 11.2 Å². The number of carboxylic acid groups (broad SMARTS) is 1. The third-order valence-electron chi connectivity index (χ3n) is 5.91. The van der Waals surface area contributed by atoms with E-state index < -0.39 is 18.0 Å². The van der Waals surface area contributed by atoms with E-state index in [0.717, 1.165) is 11.1 Å². The summed E-state index contributed by atoms with van der Waals surface area (Å²) in [6.07, 6.45) is -1.33. The number of aromatic nitrogens is 4. The van der Waals surface area contributed by atoms with Gasteiger partial charge in [-0.15, -0.1) is 0 Å². The summed E-state index contributed by atoms with van der Waals surface area (Å²) < 4.78 is 46.2. The number of nitrogens with one attached hydrogen (secondary N) is 1. The van der Waals surface area contributed by atoms with Gasteiger partial charge in [-0.25, -0.2) is 24.3 Å². The number of carbonyl (C=O) groups is 2. The highest BCUT2D eigenvalue weighted by molar-refractivity contribution is 5.95. The predicted molar refractivity (Wildman–Crippen MR) is 127 cm³/mol. The minimum Gasteiger partial charge on any atom is -0.475 e. The first-order valence-corrected chi connectivity index (χ1v) is 11.3. The number of alkyl halides is 3. The molecule has 2 N–H and O–H groups in total. The first-order valence-electron chi connectivity index (χ1n) is 11.3. The van der Waals surface area contributed by atoms with Crippen LogP contribution in [0.1, 0.15) is 32.7 Å². The molecule has 2 aromatic heterocycles. The van der Waals surface area contributed by atoms with Gasteiger partial charge in [-0.3, -0.25) is 9.59 Å². The molecule has 1 aliphatic rings. The molecule has 3 heterocycles. The summed E-state index contributed by atoms with van der Waals surface area (Å²) in [4.78, 5) is 45.7. The van der Waals surface area contributed by atoms with Gasteiger partial charge in [-0.2, -0.15) is 18.3 Å². The first-order chi connectivity index (χ1) is 17.9. The minimum absolute atomic E-state index is 0.0423. The van der Waals surface area contributed by atoms with Crippen molar-refractivity contribution in [3.05, 3.63) is 80.8 Å². The third kappa shape index (κ3) is 6.89. The summed E-state index contributed by atoms with van der Waals surface area (Å²) in [5, 5.41) is 13.7. The van der Waals surface area contributed by atoms with Gasteiger partial charge in [0.15, 0.2) is 0 Å². The zero-order valence-electron chi connectivity index (χ0n) is 20.4. The van der Waals surface area contributed by atoms with Crippen LogP contribution in [0.15, 0.2) is 41.5 Å². The molecule has 3 aromatic rings. The molecule has 0 bridgehead atoms. The number of nitrogens with zero attached hydrogens (tertiary/aromatic N) is 5. The van der Waals surface area contributed by atoms with Gasteiger partial charge in [0.2, 0.25) is 5.95 Å². The summed E-state index contributed by atoms with van der Waals surface area (Å²) in [6.45, 7) is 5.65. The lowest BCUT2D eigenvalue weighted by Crippen LogP contribution is -2.49. The summed E-state index contributed by atoms with van der Waals surface area (Å²) in [5.74, 6) is -3.02. The number of amides is 1. The molecule has 1 fully saturated rings. The number of rotatable bonds is 4. The Morgan fingerprint density at radius 2 is 1.66 bits per heavy atom. The van der Waals surface area contributed by atoms with Gasteiger partial charge in [0.1, 0.15) is 5.82 Å². The van der Waals surface area contributed by atoms with Gasteiger partial charge >= 0.3 is 12.1 Å². The molecule has 1 saturated heterocycles. The molecule has 0 atom stereocenters. The van der Waals surface area contributed by atoms with E-state index in [9.17, 15) is 27.2 Å². The van der Waals surface area contributed by atoms with Crippen molar-refractivity contribution in [3.63, 3.8) is 0 Å². The molecule has 1 amide bonds. The molecule has 0 unspecified atom stereocenters. The topological polar surface area (TPSA) is 132 Å². The fourth-order valence-electron chi connectivity index (χ4n) is 3.62. The lowest BCUT2D eigenvalue weighted by atomic mass is 10.0. The van der Waals surface area contributed by atoms with Crippen molar-refractivity contribution in [1.82, 2.24) is 25.1 Å². The number of carboxylic acids is 1. The predicted octanol–water partition coefficient (Wildman–Crippen LogP) is 2.50. The highest BCUT2D eigenvalue weighted by Gasteiger charge is 2.38. The number of benzene rings is 1. The molecule has 0 radical (unpaired) electrons. The number of aromatic amines is 1. The Morgan fingerprint density at radius 1 is 1.05 bits per heavy atom. The number of halogens is 4. The number of hydrogen-bond acceptors (Lipinski definition) is 7. The highest BCUT2D eigenvalue weighted by atomic mass is 19.4. The summed E-state index contributed by atoms with van der Waals surface area (Å²) in [6, 6.07) is 6.28. The monoisotopic (exact) mass is 536 g/mol. The Balaban J connectivity index is 0.000000505. The maximum Gasteiger partial charge on any atom is 0.490 e. The van der Waals surface area contributed by atoms with Crippen molar-refractivity contribution in [3.8, 4) is 0 Å². The number of aliphatic carboxylic acids is 1. The van der Waals surface area contributed by atoms with E-state index in [1.807, 2.05) is 11.8 Å². The number of hydrogen-bond donors (Lipinski definition) is 2. The third-order valence-corrected chi connectivity index (χ3v) is 5.91. The second-order valence-electron chi connectivity index (χ2n) is 8.37. The lowest BCUT2D eigenvalue weighted by Gasteiger charge is -2.34. The molecule has 202 valence electrons. The zero-order valence-corrected chi connectivity index (χ0v) is 20.4. The van der Waals surface area contributed by atoms with Crippen LogP contribution in [0.5, 0.6) is 0 Å². The van der Waals surface area contributed by atoms with Crippen LogP contribution in [0.4, 0.5) is 23.5 Å². The molecule has 4 rings (SSSR count). The molecule has 10 nitrogen and oxygen atoms in total. The molecule has 0 saturated carbocycles. The van der Waals surface area contributed by atoms with Crippen LogP contribution < -0.4 is 10.5 Å². The lowest BCUT2D eigenvalue weighted by molar-refractivity contribution is -0.192. The molecule has 38 heavy (non-hydrogen) atoms. The van der Waals surface area contributed by atoms with Crippen molar-refractivity contribution >= 4 is 17.8 Å². The van der Waals surface area contributed by atoms with Gasteiger partial charge < -0.3 is 14.9 Å². The number of carbonyl (C=O) groups excluding carboxylic acids is 1. The quantitative estimate of drug-likeness (QED) is 0.486. The van der Waals surface area contributed by atoms with Gasteiger partial charge in [-0.05, 0) is 43.2 Å². The van der Waals surface area contributed by atoms with Crippen LogP contribution in [0.2, 0.25) is 0 Å². The number of H-pyrrole nitrogens is 1. The van der Waals surface area contributed by atoms with E-state index in [4.69, 9.17) is 9.90 Å². The Hall–Kier alpha value is -4.36. The normalized spacial score (nSPS) is 13.5. The van der Waals surface area contributed by atoms with Gasteiger partial charge in [0, 0.05) is 50.6 Å². The van der Waals surface area contributed by atoms with Gasteiger partial charge in [-0.1, -0.05) is 6.07 Å². The standard InChI is InChI=1S/C22H23FN6O2.C2HF3O2/c1-14-15(2)20(30)27-26-19(14)13-16-4-5-18(23)17(12-16)21(31)28-8-10-29(11-9-28)22-24-6-3-7-25-22;3-2(4,5)1(6)7/h3-7,12H,8-11,13H2,1-2H3,(H,27,30);(H,6,7). The van der Waals surface area contributed by atoms with E-state index in [-0.39, 0.29) is 17.0 Å². The SMILES string of the molecule is Cc1c(Cc2ccc(F)c(C(=O)N3CCN(c4ncccn4)CC3)c2)n[nH]c(=O)c1C.O=C(O)C(F)(F)F. The van der Waals surface area contributed by atoms with E-state index in [1.54, 1.807) is 42.4 Å². The minimum atomic E-state index is -5.08. The number of anilines is 1. The molecular weight excluding hydrogens is 512 g/mol. The Kier molecular flexibility index (Phi) is 8.76. The van der Waals surface area contributed by atoms with E-state index in [1.165, 1.54) is 6.07 Å². The van der Waals surface area contributed by atoms with Crippen molar-refractivity contribution in [2.75, 3.05) is 31.1 Å². The van der Waals surface area contributed by atoms with Crippen molar-refractivity contribution < 1.29 is 32.3 Å². The van der Waals surface area contributed by atoms with Crippen molar-refractivity contribution in [1.29, 1.82) is 0 Å². The Labute approximate surface area is 214 Å². The average molecular weight is 536 g/mol. The van der Waals surface area contributed by atoms with Gasteiger partial charge in [0.25, 0.3) is 11.5 Å². The van der Waals surface area contributed by atoms with E-state index in [2.05, 4.69) is 20.2 Å². The second kappa shape index (κ2) is 11.8. The van der Waals surface area contributed by atoms with Crippen LogP contribution in [0, 0.1) is 19.7 Å². The molecule has 1 aromatic carbocycles. The smallest absolute Gasteiger partial charge is 0.475 e. The number of piperazine rings is 1. The van der Waals surface area contributed by atoms with Crippen LogP contribution in [0.3, 0.4) is 0 Å². The second-order valence-corrected chi connectivity index (χ2v) is 8.37. The molecule has 1 aliphatic heterocycles. The van der Waals surface area contributed by atoms with Crippen molar-refractivity contribution in [2.24, 2.45) is 0 Å². The largest absolute Gasteiger partial charge is 0.490 e. The molecule has 0 spiro atoms. The fourth-order valence-corrected chi connectivity index (χ4v) is 3.62. The summed E-state index contributed by atoms with van der Waals surface area (Å²) in [5.41, 5.74) is 2.66. The highest BCUT2D eigenvalue weighted by Crippen LogP contribution is 2.19.